The van der Waals surface area contributed by atoms with E-state index in [-0.39, 0.29) is 18.7 Å². The highest BCUT2D eigenvalue weighted by Gasteiger charge is 2.13. The average molecular weight is 316 g/mol. The van der Waals surface area contributed by atoms with E-state index in [1.807, 2.05) is 0 Å². The summed E-state index contributed by atoms with van der Waals surface area (Å²) in [7, 11) is 2.98. The van der Waals surface area contributed by atoms with E-state index < -0.39 is 5.97 Å². The van der Waals surface area contributed by atoms with Gasteiger partial charge in [0.1, 0.15) is 0 Å². The van der Waals surface area contributed by atoms with Crippen molar-refractivity contribution in [2.24, 2.45) is 0 Å². The summed E-state index contributed by atoms with van der Waals surface area (Å²) in [5.41, 5.74) is 0.392. The molecule has 1 amide bonds. The van der Waals surface area contributed by atoms with Crippen molar-refractivity contribution in [1.29, 1.82) is 0 Å². The molecule has 0 saturated heterocycles. The number of benzene rings is 1. The van der Waals surface area contributed by atoms with Crippen molar-refractivity contribution >= 4 is 29.2 Å². The first-order valence-corrected chi connectivity index (χ1v) is 6.76. The van der Waals surface area contributed by atoms with Crippen LogP contribution in [-0.2, 0) is 14.3 Å². The summed E-state index contributed by atoms with van der Waals surface area (Å²) in [6, 6.07) is 3.10. The Bertz CT molecular complexity index is 518. The van der Waals surface area contributed by atoms with Crippen molar-refractivity contribution in [1.82, 2.24) is 0 Å². The fourth-order valence-electron chi connectivity index (χ4n) is 1.61. The molecule has 1 aromatic carbocycles. The van der Waals surface area contributed by atoms with Crippen LogP contribution in [0.3, 0.4) is 0 Å². The zero-order valence-electron chi connectivity index (χ0n) is 12.2. The lowest BCUT2D eigenvalue weighted by Crippen LogP contribution is -2.15. The third-order valence-corrected chi connectivity index (χ3v) is 2.92. The minimum atomic E-state index is -0.411. The summed E-state index contributed by atoms with van der Waals surface area (Å²) in [6.07, 6.45) is 0.0358. The number of carbonyl (C=O) groups excluding carboxylic acids is 2. The van der Waals surface area contributed by atoms with Gasteiger partial charge >= 0.3 is 5.97 Å². The molecule has 0 radical (unpaired) electrons. The predicted molar refractivity (Wildman–Crippen MR) is 79.1 cm³/mol. The number of halogens is 1. The summed E-state index contributed by atoms with van der Waals surface area (Å²) in [6.45, 7) is 2.00. The van der Waals surface area contributed by atoms with Crippen LogP contribution >= 0.6 is 11.6 Å². The van der Waals surface area contributed by atoms with Crippen LogP contribution in [0, 0.1) is 0 Å². The van der Waals surface area contributed by atoms with Gasteiger partial charge in [-0.2, -0.15) is 0 Å². The highest BCUT2D eigenvalue weighted by Crippen LogP contribution is 2.36. The molecule has 116 valence electrons. The number of anilines is 1. The lowest BCUT2D eigenvalue weighted by molar-refractivity contribution is -0.144. The van der Waals surface area contributed by atoms with Gasteiger partial charge in [-0.25, -0.2) is 0 Å². The van der Waals surface area contributed by atoms with E-state index in [4.69, 9.17) is 25.8 Å². The van der Waals surface area contributed by atoms with Crippen LogP contribution in [0.15, 0.2) is 12.1 Å². The number of ether oxygens (including phenoxy) is 3. The summed E-state index contributed by atoms with van der Waals surface area (Å²) >= 11 is 6.05. The SMILES string of the molecule is CCOC(=O)CCC(=O)Nc1cc(OC)c(OC)cc1Cl. The van der Waals surface area contributed by atoms with Crippen LogP contribution in [0.1, 0.15) is 19.8 Å². The Morgan fingerprint density at radius 1 is 1.14 bits per heavy atom. The van der Waals surface area contributed by atoms with Crippen LogP contribution < -0.4 is 14.8 Å². The second kappa shape index (κ2) is 8.36. The zero-order chi connectivity index (χ0) is 15.8. The van der Waals surface area contributed by atoms with Crippen LogP contribution in [0.2, 0.25) is 5.02 Å². The smallest absolute Gasteiger partial charge is 0.306 e. The molecule has 1 aromatic rings. The molecule has 1 rings (SSSR count). The number of nitrogens with one attached hydrogen (secondary N) is 1. The van der Waals surface area contributed by atoms with E-state index in [0.717, 1.165) is 0 Å². The molecule has 0 aromatic heterocycles. The Labute approximate surface area is 128 Å². The van der Waals surface area contributed by atoms with Gasteiger partial charge in [-0.15, -0.1) is 0 Å². The van der Waals surface area contributed by atoms with Crippen molar-refractivity contribution in [2.45, 2.75) is 19.8 Å². The molecule has 0 bridgehead atoms. The molecule has 21 heavy (non-hydrogen) atoms. The average Bonchev–Trinajstić information content (AvgIpc) is 2.47. The lowest BCUT2D eigenvalue weighted by Gasteiger charge is -2.12. The van der Waals surface area contributed by atoms with Crippen molar-refractivity contribution in [3.8, 4) is 11.5 Å². The molecule has 0 fully saturated rings. The summed E-state index contributed by atoms with van der Waals surface area (Å²) in [5.74, 6) is 0.165. The molecular weight excluding hydrogens is 298 g/mol. The third kappa shape index (κ3) is 5.15. The summed E-state index contributed by atoms with van der Waals surface area (Å²) < 4.78 is 15.0. The Balaban J connectivity index is 2.69. The van der Waals surface area contributed by atoms with Crippen molar-refractivity contribution in [3.63, 3.8) is 0 Å². The molecule has 0 unspecified atom stereocenters. The Hall–Kier alpha value is -1.95. The van der Waals surface area contributed by atoms with E-state index in [2.05, 4.69) is 5.32 Å². The van der Waals surface area contributed by atoms with Gasteiger partial charge in [0.25, 0.3) is 0 Å². The molecular formula is C14H18ClNO5. The second-order valence-electron chi connectivity index (χ2n) is 4.04. The Morgan fingerprint density at radius 3 is 2.33 bits per heavy atom. The standard InChI is InChI=1S/C14H18ClNO5/c1-4-21-14(18)6-5-13(17)16-10-8-12(20-3)11(19-2)7-9(10)15/h7-8H,4-6H2,1-3H3,(H,16,17). The monoisotopic (exact) mass is 315 g/mol. The van der Waals surface area contributed by atoms with Gasteiger partial charge in [-0.3, -0.25) is 9.59 Å². The second-order valence-corrected chi connectivity index (χ2v) is 4.45. The largest absolute Gasteiger partial charge is 0.493 e. The number of esters is 1. The lowest BCUT2D eigenvalue weighted by atomic mass is 10.2. The molecule has 7 heteroatoms. The maximum Gasteiger partial charge on any atom is 0.306 e. The molecule has 0 aliphatic carbocycles. The highest BCUT2D eigenvalue weighted by molar-refractivity contribution is 6.34. The van der Waals surface area contributed by atoms with Gasteiger partial charge in [0.15, 0.2) is 11.5 Å². The normalized spacial score (nSPS) is 9.90. The molecule has 0 atom stereocenters. The molecule has 6 nitrogen and oxygen atoms in total. The van der Waals surface area contributed by atoms with Gasteiger partial charge < -0.3 is 19.5 Å². The van der Waals surface area contributed by atoms with E-state index in [1.54, 1.807) is 19.1 Å². The molecule has 1 N–H and O–H groups in total. The first kappa shape index (κ1) is 17.1. The molecule has 0 saturated carbocycles. The topological polar surface area (TPSA) is 73.9 Å². The zero-order valence-corrected chi connectivity index (χ0v) is 13.0. The number of methoxy groups -OCH3 is 2. The highest BCUT2D eigenvalue weighted by atomic mass is 35.5. The van der Waals surface area contributed by atoms with Crippen LogP contribution in [0.4, 0.5) is 5.69 Å². The number of amides is 1. The minimum absolute atomic E-state index is 0.0174. The van der Waals surface area contributed by atoms with E-state index in [0.29, 0.717) is 28.8 Å². The molecule has 0 aliphatic heterocycles. The fraction of sp³-hybridized carbons (Fsp3) is 0.429. The van der Waals surface area contributed by atoms with E-state index in [1.165, 1.54) is 14.2 Å². The number of carbonyl (C=O) groups is 2. The first-order chi connectivity index (χ1) is 10.0. The maximum absolute atomic E-state index is 11.8. The summed E-state index contributed by atoms with van der Waals surface area (Å²) in [5, 5.41) is 2.94. The van der Waals surface area contributed by atoms with Crippen molar-refractivity contribution < 1.29 is 23.8 Å². The van der Waals surface area contributed by atoms with Crippen molar-refractivity contribution in [3.05, 3.63) is 17.2 Å². The molecule has 0 aliphatic rings. The van der Waals surface area contributed by atoms with E-state index in [9.17, 15) is 9.59 Å². The van der Waals surface area contributed by atoms with E-state index >= 15 is 0 Å². The Morgan fingerprint density at radius 2 is 1.76 bits per heavy atom. The summed E-state index contributed by atoms with van der Waals surface area (Å²) in [4.78, 5) is 23.0. The quantitative estimate of drug-likeness (QED) is 0.783. The van der Waals surface area contributed by atoms with Gasteiger partial charge in [0.05, 0.1) is 38.0 Å². The molecule has 0 heterocycles. The van der Waals surface area contributed by atoms with Gasteiger partial charge in [0.2, 0.25) is 5.91 Å². The Kier molecular flexibility index (Phi) is 6.81. The van der Waals surface area contributed by atoms with Gasteiger partial charge in [-0.1, -0.05) is 11.6 Å². The third-order valence-electron chi connectivity index (χ3n) is 2.61. The predicted octanol–water partition coefficient (Wildman–Crippen LogP) is 2.64. The van der Waals surface area contributed by atoms with Crippen LogP contribution in [-0.4, -0.2) is 32.7 Å². The number of rotatable bonds is 7. The maximum atomic E-state index is 11.8. The van der Waals surface area contributed by atoms with Gasteiger partial charge in [0, 0.05) is 18.6 Å². The fourth-order valence-corrected chi connectivity index (χ4v) is 1.81. The molecule has 0 spiro atoms. The van der Waals surface area contributed by atoms with Crippen LogP contribution in [0.5, 0.6) is 11.5 Å². The minimum Gasteiger partial charge on any atom is -0.493 e. The first-order valence-electron chi connectivity index (χ1n) is 6.38. The van der Waals surface area contributed by atoms with Gasteiger partial charge in [-0.05, 0) is 6.92 Å². The number of hydrogen-bond acceptors (Lipinski definition) is 5. The number of hydrogen-bond donors (Lipinski definition) is 1. The van der Waals surface area contributed by atoms with Crippen molar-refractivity contribution in [2.75, 3.05) is 26.1 Å². The van der Waals surface area contributed by atoms with Crippen LogP contribution in [0.25, 0.3) is 0 Å².